The van der Waals surface area contributed by atoms with Crippen LogP contribution in [0.4, 0.5) is 5.69 Å². The van der Waals surface area contributed by atoms with Gasteiger partial charge in [-0.2, -0.15) is 0 Å². The molecule has 0 unspecified atom stereocenters. The lowest BCUT2D eigenvalue weighted by atomic mass is 9.98. The average Bonchev–Trinajstić information content (AvgIpc) is 3.11. The second-order valence-corrected chi connectivity index (χ2v) is 5.33. The molecule has 0 aliphatic carbocycles. The number of carbonyl (C=O) groups excluding carboxylic acids is 3. The Morgan fingerprint density at radius 3 is 2.46 bits per heavy atom. The van der Waals surface area contributed by atoms with E-state index in [4.69, 9.17) is 0 Å². The molecule has 0 saturated carbocycles. The van der Waals surface area contributed by atoms with Gasteiger partial charge in [0.15, 0.2) is 11.8 Å². The average molecular weight is 330 g/mol. The van der Waals surface area contributed by atoms with Gasteiger partial charge in [0.25, 0.3) is 5.91 Å². The van der Waals surface area contributed by atoms with Gasteiger partial charge in [0.05, 0.1) is 18.1 Å². The Morgan fingerprint density at radius 2 is 1.92 bits per heavy atom. The number of hydrogen-bond acceptors (Lipinski definition) is 7. The summed E-state index contributed by atoms with van der Waals surface area (Å²) in [5.74, 6) is -3.37. The Kier molecular flexibility index (Phi) is 3.84. The molecule has 124 valence electrons. The molecule has 2 heterocycles. The molecular weight excluding hydrogens is 316 g/mol. The third-order valence-corrected chi connectivity index (χ3v) is 4.11. The van der Waals surface area contributed by atoms with Crippen LogP contribution in [0.15, 0.2) is 34.7 Å². The summed E-state index contributed by atoms with van der Waals surface area (Å²) >= 11 is 0. The predicted molar refractivity (Wildman–Crippen MR) is 82.7 cm³/mol. The Balaban J connectivity index is 2.00. The summed E-state index contributed by atoms with van der Waals surface area (Å²) in [7, 11) is 1.12. The van der Waals surface area contributed by atoms with Crippen molar-refractivity contribution in [3.05, 3.63) is 34.7 Å². The first kappa shape index (κ1) is 15.8. The van der Waals surface area contributed by atoms with Crippen LogP contribution in [0.2, 0.25) is 0 Å². The normalized spacial score (nSPS) is 22.5. The number of ether oxygens (including phenoxy) is 1. The van der Waals surface area contributed by atoms with Gasteiger partial charge >= 0.3 is 5.97 Å². The van der Waals surface area contributed by atoms with Crippen LogP contribution in [0.25, 0.3) is 0 Å². The third kappa shape index (κ3) is 2.16. The van der Waals surface area contributed by atoms with Crippen LogP contribution in [-0.4, -0.2) is 41.8 Å². The van der Waals surface area contributed by atoms with E-state index in [1.54, 1.807) is 24.3 Å². The summed E-state index contributed by atoms with van der Waals surface area (Å²) < 4.78 is 4.57. The van der Waals surface area contributed by atoms with E-state index in [9.17, 15) is 19.3 Å². The minimum Gasteiger partial charge on any atom is -0.464 e. The van der Waals surface area contributed by atoms with E-state index in [0.717, 1.165) is 24.0 Å². The number of nitrogens with zero attached hydrogens (tertiary/aromatic N) is 4. The topological polar surface area (TPSA) is 109 Å². The van der Waals surface area contributed by atoms with Crippen molar-refractivity contribution in [2.45, 2.75) is 19.4 Å². The number of nitroso groups, excluding NO2 is 1. The van der Waals surface area contributed by atoms with E-state index in [1.807, 2.05) is 6.92 Å². The number of benzene rings is 1. The van der Waals surface area contributed by atoms with Crippen molar-refractivity contribution in [2.24, 2.45) is 16.3 Å². The summed E-state index contributed by atoms with van der Waals surface area (Å²) in [6.45, 7) is 1.98. The molecule has 0 spiro atoms. The fourth-order valence-corrected chi connectivity index (χ4v) is 2.87. The van der Waals surface area contributed by atoms with Crippen LogP contribution in [0, 0.1) is 10.8 Å². The number of imide groups is 1. The molecule has 0 N–H and O–H groups in total. The SMILES string of the molecule is CCc1ccc(N2C(=O)[C@@H]3C(C(=O)OC)=NN(N=O)[C@@H]3C2=O)cc1. The maximum atomic E-state index is 12.7. The molecule has 9 heteroatoms. The highest BCUT2D eigenvalue weighted by Gasteiger charge is 2.59. The monoisotopic (exact) mass is 330 g/mol. The Morgan fingerprint density at radius 1 is 1.25 bits per heavy atom. The summed E-state index contributed by atoms with van der Waals surface area (Å²) in [5.41, 5.74) is 1.12. The number of anilines is 1. The summed E-state index contributed by atoms with van der Waals surface area (Å²) in [4.78, 5) is 49.0. The fourth-order valence-electron chi connectivity index (χ4n) is 2.87. The highest BCUT2D eigenvalue weighted by Crippen LogP contribution is 2.35. The van der Waals surface area contributed by atoms with Crippen LogP contribution < -0.4 is 4.90 Å². The Hall–Kier alpha value is -3.10. The zero-order chi connectivity index (χ0) is 17.4. The predicted octanol–water partition coefficient (Wildman–Crippen LogP) is 0.633. The molecule has 3 rings (SSSR count). The third-order valence-electron chi connectivity index (χ3n) is 4.11. The number of aryl methyl sites for hydroxylation is 1. The van der Waals surface area contributed by atoms with Crippen molar-refractivity contribution in [2.75, 3.05) is 12.0 Å². The van der Waals surface area contributed by atoms with Gasteiger partial charge in [0, 0.05) is 0 Å². The van der Waals surface area contributed by atoms with E-state index < -0.39 is 29.7 Å². The lowest BCUT2D eigenvalue weighted by Crippen LogP contribution is -2.36. The minimum atomic E-state index is -1.25. The molecule has 0 bridgehead atoms. The number of esters is 1. The number of hydrogen-bond donors (Lipinski definition) is 0. The van der Waals surface area contributed by atoms with E-state index in [1.165, 1.54) is 0 Å². The molecule has 1 saturated heterocycles. The first-order chi connectivity index (χ1) is 11.5. The van der Waals surface area contributed by atoms with Crippen LogP contribution in [-0.2, 0) is 25.5 Å². The summed E-state index contributed by atoms with van der Waals surface area (Å²) in [6, 6.07) is 5.63. The van der Waals surface area contributed by atoms with Crippen molar-refractivity contribution >= 4 is 29.2 Å². The van der Waals surface area contributed by atoms with Crippen LogP contribution in [0.3, 0.4) is 0 Å². The number of carbonyl (C=O) groups is 3. The number of amides is 2. The van der Waals surface area contributed by atoms with E-state index in [-0.39, 0.29) is 5.71 Å². The lowest BCUT2D eigenvalue weighted by Gasteiger charge is -2.17. The molecule has 1 aromatic carbocycles. The molecule has 2 aliphatic heterocycles. The molecule has 9 nitrogen and oxygen atoms in total. The Labute approximate surface area is 136 Å². The molecule has 0 radical (unpaired) electrons. The van der Waals surface area contributed by atoms with Crippen molar-refractivity contribution < 1.29 is 19.1 Å². The van der Waals surface area contributed by atoms with Gasteiger partial charge in [-0.3, -0.25) is 9.59 Å². The number of methoxy groups -OCH3 is 1. The van der Waals surface area contributed by atoms with Crippen molar-refractivity contribution in [3.63, 3.8) is 0 Å². The van der Waals surface area contributed by atoms with E-state index >= 15 is 0 Å². The molecule has 2 amide bonds. The Bertz CT molecular complexity index is 758. The molecule has 2 aliphatic rings. The maximum Gasteiger partial charge on any atom is 0.355 e. The largest absolute Gasteiger partial charge is 0.464 e. The van der Waals surface area contributed by atoms with E-state index in [0.29, 0.717) is 10.8 Å². The molecule has 24 heavy (non-hydrogen) atoms. The molecule has 2 atom stereocenters. The first-order valence-corrected chi connectivity index (χ1v) is 7.29. The van der Waals surface area contributed by atoms with Crippen LogP contribution >= 0.6 is 0 Å². The lowest BCUT2D eigenvalue weighted by molar-refractivity contribution is -0.133. The highest BCUT2D eigenvalue weighted by molar-refractivity contribution is 6.46. The molecular formula is C15H14N4O5. The van der Waals surface area contributed by atoms with E-state index in [2.05, 4.69) is 15.1 Å². The molecule has 1 aromatic rings. The maximum absolute atomic E-state index is 12.7. The van der Waals surface area contributed by atoms with Crippen molar-refractivity contribution in [1.29, 1.82) is 0 Å². The second kappa shape index (κ2) is 5.84. The fraction of sp³-hybridized carbons (Fsp3) is 0.333. The van der Waals surface area contributed by atoms with Crippen molar-refractivity contribution in [3.8, 4) is 0 Å². The second-order valence-electron chi connectivity index (χ2n) is 5.33. The minimum absolute atomic E-state index is 0.298. The van der Waals surface area contributed by atoms with Gasteiger partial charge in [-0.25, -0.2) is 9.69 Å². The first-order valence-electron chi connectivity index (χ1n) is 7.29. The van der Waals surface area contributed by atoms with Gasteiger partial charge < -0.3 is 4.74 Å². The van der Waals surface area contributed by atoms with Crippen LogP contribution in [0.1, 0.15) is 12.5 Å². The molecule has 1 fully saturated rings. The number of hydrazone groups is 1. The van der Waals surface area contributed by atoms with Crippen LogP contribution in [0.5, 0.6) is 0 Å². The number of fused-ring (bicyclic) bond motifs is 1. The van der Waals surface area contributed by atoms with Gasteiger partial charge in [-0.1, -0.05) is 19.1 Å². The zero-order valence-electron chi connectivity index (χ0n) is 13.0. The summed E-state index contributed by atoms with van der Waals surface area (Å²) in [5, 5.41) is 6.83. The van der Waals surface area contributed by atoms with Gasteiger partial charge in [0.2, 0.25) is 5.91 Å². The van der Waals surface area contributed by atoms with Gasteiger partial charge in [-0.15, -0.1) is 15.1 Å². The molecule has 0 aromatic heterocycles. The van der Waals surface area contributed by atoms with Gasteiger partial charge in [0.1, 0.15) is 5.92 Å². The smallest absolute Gasteiger partial charge is 0.355 e. The summed E-state index contributed by atoms with van der Waals surface area (Å²) in [6.07, 6.45) is 0.815. The van der Waals surface area contributed by atoms with Gasteiger partial charge in [-0.05, 0) is 24.1 Å². The van der Waals surface area contributed by atoms with Crippen molar-refractivity contribution in [1.82, 2.24) is 5.12 Å². The highest BCUT2D eigenvalue weighted by atomic mass is 16.5. The standard InChI is InChI=1S/C15H14N4O5/c1-3-8-4-6-9(7-5-8)18-13(20)10-11(15(22)24-2)16-19(17-23)12(10)14(18)21/h4-7,10,12H,3H2,1-2H3/t10-,12+/m1/s1. The quantitative estimate of drug-likeness (QED) is 0.455. The number of rotatable bonds is 4. The zero-order valence-corrected chi connectivity index (χ0v) is 13.0.